The van der Waals surface area contributed by atoms with Crippen molar-refractivity contribution >= 4 is 23.0 Å². The number of aryl methyl sites for hydroxylation is 1. The molecule has 4 nitrogen and oxygen atoms in total. The summed E-state index contributed by atoms with van der Waals surface area (Å²) in [6, 6.07) is 0. The first-order chi connectivity index (χ1) is 12.0. The summed E-state index contributed by atoms with van der Waals surface area (Å²) in [4.78, 5) is 31.3. The largest absolute Gasteiger partial charge is 0.342 e. The Labute approximate surface area is 156 Å². The number of likely N-dealkylation sites (tertiary alicyclic amines) is 1. The van der Waals surface area contributed by atoms with E-state index in [0.717, 1.165) is 55.9 Å². The van der Waals surface area contributed by atoms with Crippen LogP contribution in [-0.4, -0.2) is 34.7 Å². The maximum Gasteiger partial charge on any atom is 0.225 e. The van der Waals surface area contributed by atoms with E-state index < -0.39 is 0 Å². The van der Waals surface area contributed by atoms with Crippen molar-refractivity contribution in [2.24, 2.45) is 11.8 Å². The summed E-state index contributed by atoms with van der Waals surface area (Å²) >= 11 is 1.69. The van der Waals surface area contributed by atoms with Crippen molar-refractivity contribution in [2.45, 2.75) is 72.1 Å². The maximum absolute atomic E-state index is 12.7. The number of nitrogens with zero attached hydrogens (tertiary/aromatic N) is 2. The van der Waals surface area contributed by atoms with E-state index in [2.05, 4.69) is 24.1 Å². The van der Waals surface area contributed by atoms with Gasteiger partial charge < -0.3 is 4.90 Å². The van der Waals surface area contributed by atoms with Gasteiger partial charge in [-0.15, -0.1) is 11.3 Å². The van der Waals surface area contributed by atoms with Gasteiger partial charge in [0.15, 0.2) is 0 Å². The van der Waals surface area contributed by atoms with E-state index in [1.165, 1.54) is 0 Å². The number of Topliss-reactive ketones (excluding diaryl/α,β-unsaturated/α-hetero) is 1. The third-order valence-electron chi connectivity index (χ3n) is 5.26. The van der Waals surface area contributed by atoms with Crippen molar-refractivity contribution in [3.63, 3.8) is 0 Å². The summed E-state index contributed by atoms with van der Waals surface area (Å²) in [6.45, 7) is 9.77. The number of aromatic nitrogens is 1. The average molecular weight is 365 g/mol. The van der Waals surface area contributed by atoms with Gasteiger partial charge in [-0.2, -0.15) is 0 Å². The Morgan fingerprint density at radius 1 is 1.32 bits per heavy atom. The molecule has 0 N–H and O–H groups in total. The molecule has 2 rings (SSSR count). The van der Waals surface area contributed by atoms with E-state index in [1.54, 1.807) is 11.3 Å². The molecule has 0 aliphatic carbocycles. The minimum absolute atomic E-state index is 0.0982. The van der Waals surface area contributed by atoms with Gasteiger partial charge in [-0.05, 0) is 32.1 Å². The molecule has 140 valence electrons. The molecule has 0 aromatic carbocycles. The molecule has 0 bridgehead atoms. The summed E-state index contributed by atoms with van der Waals surface area (Å²) in [5.74, 6) is 1.23. The van der Waals surface area contributed by atoms with E-state index in [0.29, 0.717) is 24.0 Å². The predicted octanol–water partition coefficient (Wildman–Crippen LogP) is 4.44. The van der Waals surface area contributed by atoms with Crippen LogP contribution < -0.4 is 0 Å². The molecule has 1 fully saturated rings. The molecule has 2 heterocycles. The second kappa shape index (κ2) is 9.46. The van der Waals surface area contributed by atoms with Crippen LogP contribution in [0.1, 0.15) is 76.4 Å². The number of carbonyl (C=O) groups excluding carboxylic acids is 2. The molecule has 1 saturated heterocycles. The Bertz CT molecular complexity index is 578. The van der Waals surface area contributed by atoms with Crippen LogP contribution >= 0.6 is 11.3 Å². The Hall–Kier alpha value is -1.23. The lowest BCUT2D eigenvalue weighted by Crippen LogP contribution is -2.42. The minimum Gasteiger partial charge on any atom is -0.342 e. The SMILES string of the molecule is CCC(CC)C(=O)N1CCCC(c2nc(CCC(=O)C(C)C)cs2)C1. The van der Waals surface area contributed by atoms with Crippen LogP contribution in [0, 0.1) is 11.8 Å². The Balaban J connectivity index is 1.95. The summed E-state index contributed by atoms with van der Waals surface area (Å²) in [5, 5.41) is 3.22. The second-order valence-corrected chi connectivity index (χ2v) is 8.32. The highest BCUT2D eigenvalue weighted by Gasteiger charge is 2.29. The van der Waals surface area contributed by atoms with Crippen LogP contribution in [0.25, 0.3) is 0 Å². The van der Waals surface area contributed by atoms with Crippen molar-refractivity contribution < 1.29 is 9.59 Å². The zero-order valence-corrected chi connectivity index (χ0v) is 16.9. The fourth-order valence-corrected chi connectivity index (χ4v) is 4.42. The first-order valence-electron chi connectivity index (χ1n) is 9.72. The smallest absolute Gasteiger partial charge is 0.225 e. The third-order valence-corrected chi connectivity index (χ3v) is 6.31. The minimum atomic E-state index is 0.0982. The molecule has 1 unspecified atom stereocenters. The number of carbonyl (C=O) groups is 2. The van der Waals surface area contributed by atoms with Gasteiger partial charge in [-0.25, -0.2) is 4.98 Å². The molecule has 25 heavy (non-hydrogen) atoms. The lowest BCUT2D eigenvalue weighted by atomic mass is 9.95. The van der Waals surface area contributed by atoms with Gasteiger partial charge in [-0.3, -0.25) is 9.59 Å². The van der Waals surface area contributed by atoms with Gasteiger partial charge in [0.25, 0.3) is 0 Å². The van der Waals surface area contributed by atoms with Crippen LogP contribution in [0.15, 0.2) is 5.38 Å². The van der Waals surface area contributed by atoms with E-state index in [1.807, 2.05) is 13.8 Å². The lowest BCUT2D eigenvalue weighted by Gasteiger charge is -2.34. The molecule has 5 heteroatoms. The Kier molecular flexibility index (Phi) is 7.60. The van der Waals surface area contributed by atoms with Gasteiger partial charge in [0.05, 0.1) is 10.7 Å². The predicted molar refractivity (Wildman–Crippen MR) is 103 cm³/mol. The molecular formula is C20H32N2O2S. The number of ketones is 1. The molecule has 1 atom stereocenters. The quantitative estimate of drug-likeness (QED) is 0.685. The van der Waals surface area contributed by atoms with E-state index >= 15 is 0 Å². The summed E-state index contributed by atoms with van der Waals surface area (Å²) < 4.78 is 0. The van der Waals surface area contributed by atoms with Gasteiger partial charge in [0.1, 0.15) is 5.78 Å². The summed E-state index contributed by atoms with van der Waals surface area (Å²) in [6.07, 6.45) is 5.30. The highest BCUT2D eigenvalue weighted by Crippen LogP contribution is 2.30. The first-order valence-corrected chi connectivity index (χ1v) is 10.6. The Morgan fingerprint density at radius 3 is 2.68 bits per heavy atom. The monoisotopic (exact) mass is 364 g/mol. The lowest BCUT2D eigenvalue weighted by molar-refractivity contribution is -0.137. The zero-order chi connectivity index (χ0) is 18.4. The van der Waals surface area contributed by atoms with Crippen molar-refractivity contribution in [2.75, 3.05) is 13.1 Å². The molecule has 1 aliphatic heterocycles. The molecule has 1 aromatic rings. The number of rotatable bonds is 8. The van der Waals surface area contributed by atoms with Crippen LogP contribution in [0.2, 0.25) is 0 Å². The van der Waals surface area contributed by atoms with Crippen LogP contribution in [0.3, 0.4) is 0 Å². The molecule has 0 spiro atoms. The molecular weight excluding hydrogens is 332 g/mol. The highest BCUT2D eigenvalue weighted by atomic mass is 32.1. The van der Waals surface area contributed by atoms with Crippen LogP contribution in [-0.2, 0) is 16.0 Å². The standard InChI is InChI=1S/C20H32N2O2S/c1-5-15(6-2)20(24)22-11-7-8-16(12-22)19-21-17(13-25-19)9-10-18(23)14(3)4/h13-16H,5-12H2,1-4H3. The average Bonchev–Trinajstić information content (AvgIpc) is 3.09. The number of amides is 1. The Morgan fingerprint density at radius 2 is 2.04 bits per heavy atom. The second-order valence-electron chi connectivity index (χ2n) is 7.43. The number of hydrogen-bond acceptors (Lipinski definition) is 4. The molecule has 1 aliphatic rings. The van der Waals surface area contributed by atoms with Gasteiger partial charge >= 0.3 is 0 Å². The van der Waals surface area contributed by atoms with Crippen LogP contribution in [0.5, 0.6) is 0 Å². The zero-order valence-electron chi connectivity index (χ0n) is 16.1. The van der Waals surface area contributed by atoms with E-state index in [9.17, 15) is 9.59 Å². The van der Waals surface area contributed by atoms with Crippen molar-refractivity contribution in [1.29, 1.82) is 0 Å². The highest BCUT2D eigenvalue weighted by molar-refractivity contribution is 7.09. The van der Waals surface area contributed by atoms with Crippen LogP contribution in [0.4, 0.5) is 0 Å². The molecule has 0 saturated carbocycles. The summed E-state index contributed by atoms with van der Waals surface area (Å²) in [7, 11) is 0. The van der Waals surface area contributed by atoms with Gasteiger partial charge in [0, 0.05) is 42.6 Å². The summed E-state index contributed by atoms with van der Waals surface area (Å²) in [5.41, 5.74) is 1.03. The van der Waals surface area contributed by atoms with Crippen molar-refractivity contribution in [3.8, 4) is 0 Å². The topological polar surface area (TPSA) is 50.3 Å². The molecule has 1 amide bonds. The molecule has 0 radical (unpaired) electrons. The first kappa shape index (κ1) is 20.1. The fraction of sp³-hybridized carbons (Fsp3) is 0.750. The van der Waals surface area contributed by atoms with Crippen molar-refractivity contribution in [1.82, 2.24) is 9.88 Å². The van der Waals surface area contributed by atoms with Crippen molar-refractivity contribution in [3.05, 3.63) is 16.1 Å². The van der Waals surface area contributed by atoms with Gasteiger partial charge in [0.2, 0.25) is 5.91 Å². The third kappa shape index (κ3) is 5.37. The number of hydrogen-bond donors (Lipinski definition) is 0. The normalized spacial score (nSPS) is 18.2. The number of thiazole rings is 1. The maximum atomic E-state index is 12.7. The van der Waals surface area contributed by atoms with E-state index in [4.69, 9.17) is 4.98 Å². The fourth-order valence-electron chi connectivity index (χ4n) is 3.44. The molecule has 1 aromatic heterocycles. The van der Waals surface area contributed by atoms with Gasteiger partial charge in [-0.1, -0.05) is 27.7 Å². The number of piperidine rings is 1. The van der Waals surface area contributed by atoms with E-state index in [-0.39, 0.29) is 11.8 Å².